The first-order valence-electron chi connectivity index (χ1n) is 6.20. The van der Waals surface area contributed by atoms with E-state index < -0.39 is 0 Å². The van der Waals surface area contributed by atoms with E-state index in [1.807, 2.05) is 6.07 Å². The van der Waals surface area contributed by atoms with Gasteiger partial charge in [-0.15, -0.1) is 0 Å². The molecule has 0 bridgehead atoms. The van der Waals surface area contributed by atoms with Gasteiger partial charge in [-0.2, -0.15) is 5.26 Å². The molecule has 1 aliphatic rings. The van der Waals surface area contributed by atoms with Crippen LogP contribution >= 0.6 is 0 Å². The number of hydrogen-bond acceptors (Lipinski definition) is 4. The summed E-state index contributed by atoms with van der Waals surface area (Å²) in [6.07, 6.45) is 4.43. The Kier molecular flexibility index (Phi) is 4.18. The van der Waals surface area contributed by atoms with Crippen LogP contribution in [0, 0.1) is 11.3 Å². The summed E-state index contributed by atoms with van der Waals surface area (Å²) in [5, 5.41) is 9.03. The molecule has 0 amide bonds. The van der Waals surface area contributed by atoms with Crippen LogP contribution in [0.4, 0.5) is 0 Å². The molecule has 1 aliphatic heterocycles. The van der Waals surface area contributed by atoms with Crippen molar-refractivity contribution in [2.24, 2.45) is 0 Å². The van der Waals surface area contributed by atoms with Gasteiger partial charge in [-0.1, -0.05) is 6.92 Å². The molecule has 1 saturated heterocycles. The molecule has 4 heteroatoms. The van der Waals surface area contributed by atoms with E-state index in [0.29, 0.717) is 0 Å². The summed E-state index contributed by atoms with van der Waals surface area (Å²) >= 11 is 0. The van der Waals surface area contributed by atoms with Crippen molar-refractivity contribution in [1.29, 1.82) is 5.26 Å². The van der Waals surface area contributed by atoms with Crippen molar-refractivity contribution in [1.82, 2.24) is 9.80 Å². The Labute approximate surface area is 102 Å². The maximum absolute atomic E-state index is 9.03. The molecular weight excluding hydrogens is 214 g/mol. The Hall–Kier alpha value is -1.31. The Morgan fingerprint density at radius 2 is 2.18 bits per heavy atom. The topological polar surface area (TPSA) is 43.4 Å². The predicted molar refractivity (Wildman–Crippen MR) is 65.3 cm³/mol. The molecule has 1 unspecified atom stereocenters. The second-order valence-electron chi connectivity index (χ2n) is 4.50. The van der Waals surface area contributed by atoms with Gasteiger partial charge in [0.2, 0.25) is 0 Å². The molecule has 1 aromatic rings. The van der Waals surface area contributed by atoms with Crippen LogP contribution in [0.3, 0.4) is 0 Å². The quantitative estimate of drug-likeness (QED) is 0.794. The second kappa shape index (κ2) is 5.85. The van der Waals surface area contributed by atoms with Crippen LogP contribution in [0.25, 0.3) is 0 Å². The Balaban J connectivity index is 1.80. The van der Waals surface area contributed by atoms with Crippen LogP contribution in [0.5, 0.6) is 0 Å². The van der Waals surface area contributed by atoms with Crippen LogP contribution < -0.4 is 0 Å². The van der Waals surface area contributed by atoms with Gasteiger partial charge in [-0.25, -0.2) is 0 Å². The van der Waals surface area contributed by atoms with Gasteiger partial charge in [-0.3, -0.25) is 9.80 Å². The number of nitrogens with zero attached hydrogens (tertiary/aromatic N) is 3. The third-order valence-electron chi connectivity index (χ3n) is 3.37. The van der Waals surface area contributed by atoms with E-state index in [4.69, 9.17) is 9.68 Å². The molecule has 0 aliphatic carbocycles. The zero-order valence-electron chi connectivity index (χ0n) is 10.3. The highest BCUT2D eigenvalue weighted by atomic mass is 16.3. The first kappa shape index (κ1) is 12.2. The van der Waals surface area contributed by atoms with Crippen LogP contribution in [-0.4, -0.2) is 42.0 Å². The maximum atomic E-state index is 9.03. The molecule has 2 rings (SSSR count). The van der Waals surface area contributed by atoms with Crippen molar-refractivity contribution >= 4 is 0 Å². The second-order valence-corrected chi connectivity index (χ2v) is 4.50. The van der Waals surface area contributed by atoms with Crippen molar-refractivity contribution in [3.63, 3.8) is 0 Å². The lowest BCUT2D eigenvalue weighted by atomic mass is 10.1. The van der Waals surface area contributed by atoms with E-state index in [-0.39, 0.29) is 6.04 Å². The number of rotatable bonds is 4. The fraction of sp³-hybridized carbons (Fsp3) is 0.615. The van der Waals surface area contributed by atoms with Gasteiger partial charge in [-0.05, 0) is 12.5 Å². The SMILES string of the molecule is CCC(C#N)N1CCN(Cc2ccoc2)CC1. The van der Waals surface area contributed by atoms with E-state index in [2.05, 4.69) is 22.8 Å². The maximum Gasteiger partial charge on any atom is 0.0976 e. The van der Waals surface area contributed by atoms with Crippen molar-refractivity contribution < 1.29 is 4.42 Å². The molecule has 1 fully saturated rings. The standard InChI is InChI=1S/C13H19N3O/c1-2-13(9-14)16-6-4-15(5-7-16)10-12-3-8-17-11-12/h3,8,11,13H,2,4-7,10H2,1H3. The van der Waals surface area contributed by atoms with E-state index in [0.717, 1.165) is 39.1 Å². The first-order valence-corrected chi connectivity index (χ1v) is 6.20. The zero-order valence-corrected chi connectivity index (χ0v) is 10.3. The highest BCUT2D eigenvalue weighted by Crippen LogP contribution is 2.12. The average Bonchev–Trinajstić information content (AvgIpc) is 2.86. The highest BCUT2D eigenvalue weighted by molar-refractivity contribution is 5.05. The van der Waals surface area contributed by atoms with E-state index in [9.17, 15) is 0 Å². The van der Waals surface area contributed by atoms with E-state index in [1.165, 1.54) is 5.56 Å². The summed E-state index contributed by atoms with van der Waals surface area (Å²) in [5.41, 5.74) is 1.23. The van der Waals surface area contributed by atoms with Gasteiger partial charge in [0.1, 0.15) is 0 Å². The lowest BCUT2D eigenvalue weighted by Gasteiger charge is -2.36. The molecule has 1 aromatic heterocycles. The summed E-state index contributed by atoms with van der Waals surface area (Å²) in [5.74, 6) is 0. The van der Waals surface area contributed by atoms with Gasteiger partial charge in [0.25, 0.3) is 0 Å². The summed E-state index contributed by atoms with van der Waals surface area (Å²) in [7, 11) is 0. The zero-order chi connectivity index (χ0) is 12.1. The van der Waals surface area contributed by atoms with E-state index >= 15 is 0 Å². The normalized spacial score (nSPS) is 20.0. The van der Waals surface area contributed by atoms with Gasteiger partial charge in [0.05, 0.1) is 24.6 Å². The molecule has 92 valence electrons. The average molecular weight is 233 g/mol. The lowest BCUT2D eigenvalue weighted by molar-refractivity contribution is 0.108. The number of hydrogen-bond donors (Lipinski definition) is 0. The summed E-state index contributed by atoms with van der Waals surface area (Å²) in [6.45, 7) is 7.07. The van der Waals surface area contributed by atoms with Gasteiger partial charge in [0, 0.05) is 38.3 Å². The van der Waals surface area contributed by atoms with Gasteiger partial charge in [0.15, 0.2) is 0 Å². The molecule has 1 atom stereocenters. The third kappa shape index (κ3) is 3.09. The monoisotopic (exact) mass is 233 g/mol. The van der Waals surface area contributed by atoms with Crippen LogP contribution in [0.15, 0.2) is 23.0 Å². The minimum Gasteiger partial charge on any atom is -0.472 e. The smallest absolute Gasteiger partial charge is 0.0976 e. The summed E-state index contributed by atoms with van der Waals surface area (Å²) < 4.78 is 5.07. The van der Waals surface area contributed by atoms with Gasteiger partial charge < -0.3 is 4.42 Å². The molecule has 0 aromatic carbocycles. The Morgan fingerprint density at radius 3 is 2.71 bits per heavy atom. The van der Waals surface area contributed by atoms with Crippen LogP contribution in [0.1, 0.15) is 18.9 Å². The highest BCUT2D eigenvalue weighted by Gasteiger charge is 2.22. The molecule has 0 radical (unpaired) electrons. The van der Waals surface area contributed by atoms with Crippen molar-refractivity contribution in [3.05, 3.63) is 24.2 Å². The minimum absolute atomic E-state index is 0.0890. The number of nitriles is 1. The molecule has 0 N–H and O–H groups in total. The molecule has 0 saturated carbocycles. The number of furan rings is 1. The molecular formula is C13H19N3O. The van der Waals surface area contributed by atoms with Crippen molar-refractivity contribution in [2.45, 2.75) is 25.9 Å². The van der Waals surface area contributed by atoms with E-state index in [1.54, 1.807) is 12.5 Å². The fourth-order valence-corrected chi connectivity index (χ4v) is 2.31. The number of piperazine rings is 1. The molecule has 2 heterocycles. The van der Waals surface area contributed by atoms with Crippen molar-refractivity contribution in [3.8, 4) is 6.07 Å². The molecule has 0 spiro atoms. The molecule has 4 nitrogen and oxygen atoms in total. The van der Waals surface area contributed by atoms with Crippen molar-refractivity contribution in [2.75, 3.05) is 26.2 Å². The minimum atomic E-state index is 0.0890. The predicted octanol–water partition coefficient (Wildman–Crippen LogP) is 1.70. The third-order valence-corrected chi connectivity index (χ3v) is 3.37. The van der Waals surface area contributed by atoms with Crippen LogP contribution in [-0.2, 0) is 6.54 Å². The molecule has 17 heavy (non-hydrogen) atoms. The largest absolute Gasteiger partial charge is 0.472 e. The van der Waals surface area contributed by atoms with Gasteiger partial charge >= 0.3 is 0 Å². The summed E-state index contributed by atoms with van der Waals surface area (Å²) in [4.78, 5) is 4.69. The van der Waals surface area contributed by atoms with Crippen LogP contribution in [0.2, 0.25) is 0 Å². The first-order chi connectivity index (χ1) is 8.33. The summed E-state index contributed by atoms with van der Waals surface area (Å²) in [6, 6.07) is 4.47. The Bertz CT molecular complexity index is 361. The Morgan fingerprint density at radius 1 is 1.41 bits per heavy atom. The lowest BCUT2D eigenvalue weighted by Crippen LogP contribution is -2.49. The fourth-order valence-electron chi connectivity index (χ4n) is 2.31.